The van der Waals surface area contributed by atoms with Gasteiger partial charge in [0, 0.05) is 17.7 Å². The fourth-order valence-electron chi connectivity index (χ4n) is 3.13. The number of anilines is 2. The molecule has 1 heterocycles. The lowest BCUT2D eigenvalue weighted by molar-refractivity contribution is -0.117. The fraction of sp³-hybridized carbons (Fsp3) is 0.0833. The average molecular weight is 514 g/mol. The Hall–Kier alpha value is -3.89. The standard InChI is InChI=1S/C24H18ClF2N5O2S/c25-18-13-17(10-11-19(18)27)28-23(34)29-20(12-14-4-2-1-3-5-14)21(33)30-24-32-31-22(35-24)15-6-8-16(26)9-7-15/h1-11,13,20H,12H2,(H2,28,29,34)(H,30,32,33)/t20-/m0/s1. The van der Waals surface area contributed by atoms with Crippen LogP contribution < -0.4 is 16.0 Å². The van der Waals surface area contributed by atoms with Gasteiger partial charge in [-0.1, -0.05) is 53.3 Å². The summed E-state index contributed by atoms with van der Waals surface area (Å²) in [6.07, 6.45) is 0.202. The van der Waals surface area contributed by atoms with Gasteiger partial charge >= 0.3 is 6.03 Å². The number of urea groups is 1. The largest absolute Gasteiger partial charge is 0.326 e. The first-order valence-corrected chi connectivity index (χ1v) is 11.5. The van der Waals surface area contributed by atoms with Gasteiger partial charge < -0.3 is 10.6 Å². The van der Waals surface area contributed by atoms with Crippen molar-refractivity contribution in [3.63, 3.8) is 0 Å². The van der Waals surface area contributed by atoms with E-state index in [4.69, 9.17) is 11.6 Å². The predicted molar refractivity (Wildman–Crippen MR) is 131 cm³/mol. The molecular formula is C24H18ClF2N5O2S. The summed E-state index contributed by atoms with van der Waals surface area (Å²) < 4.78 is 26.6. The molecule has 0 aliphatic heterocycles. The van der Waals surface area contributed by atoms with Gasteiger partial charge in [-0.3, -0.25) is 10.1 Å². The summed E-state index contributed by atoms with van der Waals surface area (Å²) in [5, 5.41) is 16.4. The molecule has 11 heteroatoms. The second-order valence-corrected chi connectivity index (χ2v) is 8.76. The third kappa shape index (κ3) is 6.58. The molecule has 1 aromatic heterocycles. The van der Waals surface area contributed by atoms with E-state index in [0.717, 1.165) is 23.0 Å². The summed E-state index contributed by atoms with van der Waals surface area (Å²) in [6.45, 7) is 0. The summed E-state index contributed by atoms with van der Waals surface area (Å²) in [6, 6.07) is 17.0. The van der Waals surface area contributed by atoms with Crippen LogP contribution in [0, 0.1) is 11.6 Å². The lowest BCUT2D eigenvalue weighted by Gasteiger charge is -2.18. The molecule has 0 unspecified atom stereocenters. The number of amides is 3. The van der Waals surface area contributed by atoms with Crippen LogP contribution in [-0.4, -0.2) is 28.2 Å². The Kier molecular flexibility index (Phi) is 7.64. The summed E-state index contributed by atoms with van der Waals surface area (Å²) >= 11 is 6.88. The SMILES string of the molecule is O=C(Nc1ccc(F)c(Cl)c1)N[C@@H](Cc1ccccc1)C(=O)Nc1nnc(-c2ccc(F)cc2)s1. The number of hydrogen-bond donors (Lipinski definition) is 3. The zero-order chi connectivity index (χ0) is 24.8. The molecule has 0 aliphatic carbocycles. The molecule has 0 aliphatic rings. The van der Waals surface area contributed by atoms with Gasteiger partial charge in [0.1, 0.15) is 22.7 Å². The molecule has 0 bridgehead atoms. The van der Waals surface area contributed by atoms with Crippen molar-refractivity contribution >= 4 is 45.7 Å². The Morgan fingerprint density at radius 3 is 2.40 bits per heavy atom. The molecule has 0 saturated carbocycles. The number of halogens is 3. The maximum atomic E-state index is 13.4. The second kappa shape index (κ2) is 11.0. The second-order valence-electron chi connectivity index (χ2n) is 7.38. The van der Waals surface area contributed by atoms with Crippen molar-refractivity contribution in [2.75, 3.05) is 10.6 Å². The summed E-state index contributed by atoms with van der Waals surface area (Å²) in [5.41, 5.74) is 1.74. The molecule has 4 aromatic rings. The van der Waals surface area contributed by atoms with Gasteiger partial charge in [-0.05, 0) is 48.0 Å². The van der Waals surface area contributed by atoms with Crippen LogP contribution in [0.15, 0.2) is 72.8 Å². The molecule has 0 saturated heterocycles. The van der Waals surface area contributed by atoms with Gasteiger partial charge in [-0.15, -0.1) is 10.2 Å². The van der Waals surface area contributed by atoms with E-state index in [1.165, 1.54) is 24.3 Å². The van der Waals surface area contributed by atoms with E-state index in [9.17, 15) is 18.4 Å². The van der Waals surface area contributed by atoms with E-state index in [1.807, 2.05) is 30.3 Å². The summed E-state index contributed by atoms with van der Waals surface area (Å²) in [5.74, 6) is -1.50. The van der Waals surface area contributed by atoms with E-state index < -0.39 is 23.8 Å². The number of carbonyl (C=O) groups excluding carboxylic acids is 2. The normalized spacial score (nSPS) is 11.5. The van der Waals surface area contributed by atoms with Crippen molar-refractivity contribution in [2.24, 2.45) is 0 Å². The third-order valence-electron chi connectivity index (χ3n) is 4.83. The van der Waals surface area contributed by atoms with Crippen molar-refractivity contribution in [1.82, 2.24) is 15.5 Å². The van der Waals surface area contributed by atoms with Crippen LogP contribution in [0.1, 0.15) is 5.56 Å². The van der Waals surface area contributed by atoms with Crippen LogP contribution in [0.2, 0.25) is 5.02 Å². The molecule has 3 amide bonds. The first-order chi connectivity index (χ1) is 16.9. The smallest absolute Gasteiger partial charge is 0.319 e. The Morgan fingerprint density at radius 2 is 1.69 bits per heavy atom. The molecule has 0 radical (unpaired) electrons. The van der Waals surface area contributed by atoms with E-state index in [0.29, 0.717) is 10.6 Å². The highest BCUT2D eigenvalue weighted by atomic mass is 35.5. The Bertz CT molecular complexity index is 1340. The number of benzene rings is 3. The molecule has 178 valence electrons. The summed E-state index contributed by atoms with van der Waals surface area (Å²) in [4.78, 5) is 25.6. The maximum absolute atomic E-state index is 13.4. The number of nitrogens with one attached hydrogen (secondary N) is 3. The monoisotopic (exact) mass is 513 g/mol. The van der Waals surface area contributed by atoms with E-state index in [-0.39, 0.29) is 28.1 Å². The van der Waals surface area contributed by atoms with Gasteiger partial charge in [0.2, 0.25) is 11.0 Å². The lowest BCUT2D eigenvalue weighted by Crippen LogP contribution is -2.46. The van der Waals surface area contributed by atoms with Gasteiger partial charge in [0.15, 0.2) is 0 Å². The van der Waals surface area contributed by atoms with Crippen LogP contribution >= 0.6 is 22.9 Å². The Labute approximate surface area is 208 Å². The first kappa shape index (κ1) is 24.2. The van der Waals surface area contributed by atoms with Gasteiger partial charge in [0.25, 0.3) is 0 Å². The number of aromatic nitrogens is 2. The van der Waals surface area contributed by atoms with Gasteiger partial charge in [-0.2, -0.15) is 0 Å². The highest BCUT2D eigenvalue weighted by molar-refractivity contribution is 7.18. The molecule has 0 spiro atoms. The lowest BCUT2D eigenvalue weighted by atomic mass is 10.1. The topological polar surface area (TPSA) is 96.0 Å². The maximum Gasteiger partial charge on any atom is 0.319 e. The third-order valence-corrected chi connectivity index (χ3v) is 6.01. The molecule has 3 aromatic carbocycles. The first-order valence-electron chi connectivity index (χ1n) is 10.3. The van der Waals surface area contributed by atoms with Crippen LogP contribution in [0.4, 0.5) is 24.4 Å². The number of rotatable bonds is 7. The molecule has 4 rings (SSSR count). The highest BCUT2D eigenvalue weighted by Gasteiger charge is 2.23. The Morgan fingerprint density at radius 1 is 0.943 bits per heavy atom. The molecular weight excluding hydrogens is 496 g/mol. The van der Waals surface area contributed by atoms with E-state index >= 15 is 0 Å². The zero-order valence-corrected chi connectivity index (χ0v) is 19.5. The molecule has 7 nitrogen and oxygen atoms in total. The van der Waals surface area contributed by atoms with E-state index in [2.05, 4.69) is 26.1 Å². The highest BCUT2D eigenvalue weighted by Crippen LogP contribution is 2.26. The minimum absolute atomic E-state index is 0.144. The van der Waals surface area contributed by atoms with Crippen molar-refractivity contribution in [3.05, 3.63) is 95.0 Å². The van der Waals surface area contributed by atoms with Gasteiger partial charge in [0.05, 0.1) is 5.02 Å². The van der Waals surface area contributed by atoms with Gasteiger partial charge in [-0.25, -0.2) is 13.6 Å². The quantitative estimate of drug-likeness (QED) is 0.304. The van der Waals surface area contributed by atoms with Crippen LogP contribution in [0.3, 0.4) is 0 Å². The number of carbonyl (C=O) groups is 2. The van der Waals surface area contributed by atoms with Crippen molar-refractivity contribution < 1.29 is 18.4 Å². The molecule has 3 N–H and O–H groups in total. The average Bonchev–Trinajstić information content (AvgIpc) is 3.30. The van der Waals surface area contributed by atoms with Crippen LogP contribution in [-0.2, 0) is 11.2 Å². The molecule has 0 fully saturated rings. The van der Waals surface area contributed by atoms with Crippen LogP contribution in [0.5, 0.6) is 0 Å². The van der Waals surface area contributed by atoms with Crippen molar-refractivity contribution in [1.29, 1.82) is 0 Å². The zero-order valence-electron chi connectivity index (χ0n) is 18.0. The summed E-state index contributed by atoms with van der Waals surface area (Å²) in [7, 11) is 0. The van der Waals surface area contributed by atoms with Crippen molar-refractivity contribution in [2.45, 2.75) is 12.5 Å². The predicted octanol–water partition coefficient (Wildman–Crippen LogP) is 5.51. The van der Waals surface area contributed by atoms with Crippen molar-refractivity contribution in [3.8, 4) is 10.6 Å². The number of nitrogens with zero attached hydrogens (tertiary/aromatic N) is 2. The minimum Gasteiger partial charge on any atom is -0.326 e. The van der Waals surface area contributed by atoms with E-state index in [1.54, 1.807) is 12.1 Å². The molecule has 1 atom stereocenters. The van der Waals surface area contributed by atoms with Crippen LogP contribution in [0.25, 0.3) is 10.6 Å². The molecule has 35 heavy (non-hydrogen) atoms. The Balaban J connectivity index is 1.47. The fourth-order valence-corrected chi connectivity index (χ4v) is 4.07. The minimum atomic E-state index is -0.966. The number of hydrogen-bond acceptors (Lipinski definition) is 5.